The standard InChI is InChI=1S/C13H15N3O2/c1-2-18-9-10-4-3-5-11(8-10)15-13(17)12-6-7-14-16-12/h3-8H,2,9H2,1H3,(H,14,16)(H,15,17). The highest BCUT2D eigenvalue weighted by Gasteiger charge is 2.07. The Labute approximate surface area is 105 Å². The van der Waals surface area contributed by atoms with Gasteiger partial charge in [0.25, 0.3) is 5.91 Å². The number of rotatable bonds is 5. The van der Waals surface area contributed by atoms with Crippen LogP contribution in [-0.4, -0.2) is 22.7 Å². The second-order valence-corrected chi connectivity index (χ2v) is 3.76. The van der Waals surface area contributed by atoms with Gasteiger partial charge in [-0.1, -0.05) is 12.1 Å². The van der Waals surface area contributed by atoms with Gasteiger partial charge in [-0.2, -0.15) is 5.10 Å². The van der Waals surface area contributed by atoms with Gasteiger partial charge in [0.2, 0.25) is 0 Å². The van der Waals surface area contributed by atoms with Crippen LogP contribution in [0.15, 0.2) is 36.5 Å². The zero-order chi connectivity index (χ0) is 12.8. The van der Waals surface area contributed by atoms with E-state index in [-0.39, 0.29) is 5.91 Å². The van der Waals surface area contributed by atoms with Crippen LogP contribution in [0.2, 0.25) is 0 Å². The van der Waals surface area contributed by atoms with Crippen molar-refractivity contribution in [3.8, 4) is 0 Å². The number of benzene rings is 1. The lowest BCUT2D eigenvalue weighted by molar-refractivity contribution is 0.102. The first kappa shape index (κ1) is 12.3. The number of anilines is 1. The van der Waals surface area contributed by atoms with Gasteiger partial charge in [-0.05, 0) is 30.7 Å². The number of H-pyrrole nitrogens is 1. The molecule has 0 spiro atoms. The molecule has 0 atom stereocenters. The molecule has 1 heterocycles. The van der Waals surface area contributed by atoms with Crippen molar-refractivity contribution in [3.63, 3.8) is 0 Å². The van der Waals surface area contributed by atoms with Gasteiger partial charge in [0.15, 0.2) is 0 Å². The summed E-state index contributed by atoms with van der Waals surface area (Å²) in [5.74, 6) is -0.207. The van der Waals surface area contributed by atoms with E-state index in [9.17, 15) is 4.79 Å². The normalized spacial score (nSPS) is 10.3. The SMILES string of the molecule is CCOCc1cccc(NC(=O)c2ccn[nH]2)c1. The van der Waals surface area contributed by atoms with Crippen LogP contribution in [0, 0.1) is 0 Å². The Kier molecular flexibility index (Phi) is 4.09. The van der Waals surface area contributed by atoms with E-state index in [0.29, 0.717) is 18.9 Å². The molecule has 0 unspecified atom stereocenters. The molecular weight excluding hydrogens is 230 g/mol. The molecule has 1 aromatic heterocycles. The van der Waals surface area contributed by atoms with Crippen LogP contribution in [0.1, 0.15) is 23.0 Å². The Bertz CT molecular complexity index is 509. The summed E-state index contributed by atoms with van der Waals surface area (Å²) in [6.45, 7) is 3.17. The van der Waals surface area contributed by atoms with Crippen LogP contribution in [0.3, 0.4) is 0 Å². The molecule has 0 saturated heterocycles. The Morgan fingerprint density at radius 1 is 1.44 bits per heavy atom. The second kappa shape index (κ2) is 5.97. The first-order chi connectivity index (χ1) is 8.79. The molecule has 0 aliphatic rings. The van der Waals surface area contributed by atoms with E-state index in [1.54, 1.807) is 12.3 Å². The zero-order valence-electron chi connectivity index (χ0n) is 10.1. The van der Waals surface area contributed by atoms with Crippen LogP contribution >= 0.6 is 0 Å². The van der Waals surface area contributed by atoms with Gasteiger partial charge in [0.05, 0.1) is 6.61 Å². The topological polar surface area (TPSA) is 67.0 Å². The number of amides is 1. The number of aromatic nitrogens is 2. The van der Waals surface area contributed by atoms with Crippen molar-refractivity contribution in [2.24, 2.45) is 0 Å². The summed E-state index contributed by atoms with van der Waals surface area (Å²) in [7, 11) is 0. The number of hydrogen-bond donors (Lipinski definition) is 2. The molecule has 1 amide bonds. The zero-order valence-corrected chi connectivity index (χ0v) is 10.1. The van der Waals surface area contributed by atoms with Crippen molar-refractivity contribution < 1.29 is 9.53 Å². The molecule has 2 N–H and O–H groups in total. The van der Waals surface area contributed by atoms with Crippen molar-refractivity contribution in [2.45, 2.75) is 13.5 Å². The monoisotopic (exact) mass is 245 g/mol. The fourth-order valence-corrected chi connectivity index (χ4v) is 1.54. The molecule has 0 radical (unpaired) electrons. The molecule has 0 aliphatic carbocycles. The quantitative estimate of drug-likeness (QED) is 0.848. The van der Waals surface area contributed by atoms with Gasteiger partial charge in [0, 0.05) is 18.5 Å². The minimum absolute atomic E-state index is 0.207. The van der Waals surface area contributed by atoms with Crippen LogP contribution in [-0.2, 0) is 11.3 Å². The summed E-state index contributed by atoms with van der Waals surface area (Å²) in [5, 5.41) is 9.15. The number of nitrogens with one attached hydrogen (secondary N) is 2. The van der Waals surface area contributed by atoms with E-state index < -0.39 is 0 Å². The van der Waals surface area contributed by atoms with E-state index >= 15 is 0 Å². The highest BCUT2D eigenvalue weighted by molar-refractivity contribution is 6.02. The van der Waals surface area contributed by atoms with Gasteiger partial charge in [-0.3, -0.25) is 9.89 Å². The smallest absolute Gasteiger partial charge is 0.273 e. The van der Waals surface area contributed by atoms with E-state index in [0.717, 1.165) is 11.3 Å². The third-order valence-corrected chi connectivity index (χ3v) is 2.40. The number of carbonyl (C=O) groups excluding carboxylic acids is 1. The highest BCUT2D eigenvalue weighted by Crippen LogP contribution is 2.12. The first-order valence-corrected chi connectivity index (χ1v) is 5.77. The van der Waals surface area contributed by atoms with Crippen LogP contribution in [0.5, 0.6) is 0 Å². The summed E-state index contributed by atoms with van der Waals surface area (Å²) in [6, 6.07) is 9.20. The number of hydrogen-bond acceptors (Lipinski definition) is 3. The molecule has 0 fully saturated rings. The van der Waals surface area contributed by atoms with Gasteiger partial charge >= 0.3 is 0 Å². The maximum absolute atomic E-state index is 11.8. The number of nitrogens with zero attached hydrogens (tertiary/aromatic N) is 1. The Morgan fingerprint density at radius 2 is 2.33 bits per heavy atom. The molecule has 18 heavy (non-hydrogen) atoms. The van der Waals surface area contributed by atoms with Gasteiger partial charge in [0.1, 0.15) is 5.69 Å². The summed E-state index contributed by atoms with van der Waals surface area (Å²) >= 11 is 0. The molecule has 1 aromatic carbocycles. The summed E-state index contributed by atoms with van der Waals surface area (Å²) in [5.41, 5.74) is 2.20. The second-order valence-electron chi connectivity index (χ2n) is 3.76. The van der Waals surface area contributed by atoms with E-state index in [1.807, 2.05) is 31.2 Å². The third kappa shape index (κ3) is 3.18. The number of ether oxygens (including phenoxy) is 1. The molecule has 2 aromatic rings. The maximum Gasteiger partial charge on any atom is 0.273 e. The minimum atomic E-state index is -0.207. The van der Waals surface area contributed by atoms with Gasteiger partial charge in [-0.15, -0.1) is 0 Å². The molecule has 5 heteroatoms. The summed E-state index contributed by atoms with van der Waals surface area (Å²) in [4.78, 5) is 11.8. The molecule has 0 saturated carbocycles. The molecule has 0 aliphatic heterocycles. The van der Waals surface area contributed by atoms with E-state index in [4.69, 9.17) is 4.74 Å². The van der Waals surface area contributed by atoms with E-state index in [1.165, 1.54) is 0 Å². The lowest BCUT2D eigenvalue weighted by Crippen LogP contribution is -2.12. The fourth-order valence-electron chi connectivity index (χ4n) is 1.54. The predicted molar refractivity (Wildman–Crippen MR) is 68.3 cm³/mol. The van der Waals surface area contributed by atoms with Crippen molar-refractivity contribution >= 4 is 11.6 Å². The Balaban J connectivity index is 2.03. The summed E-state index contributed by atoms with van der Waals surface area (Å²) < 4.78 is 5.32. The highest BCUT2D eigenvalue weighted by atomic mass is 16.5. The van der Waals surface area contributed by atoms with Crippen LogP contribution in [0.4, 0.5) is 5.69 Å². The van der Waals surface area contributed by atoms with Gasteiger partial charge < -0.3 is 10.1 Å². The third-order valence-electron chi connectivity index (χ3n) is 2.40. The lowest BCUT2D eigenvalue weighted by Gasteiger charge is -2.06. The van der Waals surface area contributed by atoms with Crippen molar-refractivity contribution in [2.75, 3.05) is 11.9 Å². The number of carbonyl (C=O) groups is 1. The molecular formula is C13H15N3O2. The summed E-state index contributed by atoms with van der Waals surface area (Å²) in [6.07, 6.45) is 1.54. The molecule has 0 bridgehead atoms. The van der Waals surface area contributed by atoms with Crippen molar-refractivity contribution in [3.05, 3.63) is 47.8 Å². The van der Waals surface area contributed by atoms with E-state index in [2.05, 4.69) is 15.5 Å². The lowest BCUT2D eigenvalue weighted by atomic mass is 10.2. The van der Waals surface area contributed by atoms with Crippen LogP contribution in [0.25, 0.3) is 0 Å². The fraction of sp³-hybridized carbons (Fsp3) is 0.231. The Hall–Kier alpha value is -2.14. The maximum atomic E-state index is 11.8. The molecule has 5 nitrogen and oxygen atoms in total. The first-order valence-electron chi connectivity index (χ1n) is 5.77. The average Bonchev–Trinajstić information content (AvgIpc) is 2.91. The largest absolute Gasteiger partial charge is 0.377 e. The van der Waals surface area contributed by atoms with Crippen LogP contribution < -0.4 is 5.32 Å². The predicted octanol–water partition coefficient (Wildman–Crippen LogP) is 2.20. The Morgan fingerprint density at radius 3 is 3.06 bits per heavy atom. The van der Waals surface area contributed by atoms with Crippen molar-refractivity contribution in [1.29, 1.82) is 0 Å². The molecule has 2 rings (SSSR count). The molecule has 94 valence electrons. The average molecular weight is 245 g/mol. The minimum Gasteiger partial charge on any atom is -0.377 e. The van der Waals surface area contributed by atoms with Gasteiger partial charge in [-0.25, -0.2) is 0 Å². The number of aromatic amines is 1. The van der Waals surface area contributed by atoms with Crippen molar-refractivity contribution in [1.82, 2.24) is 10.2 Å².